The Morgan fingerprint density at radius 3 is 2.59 bits per heavy atom. The minimum absolute atomic E-state index is 0.0243. The van der Waals surface area contributed by atoms with Gasteiger partial charge in [-0.1, -0.05) is 31.2 Å². The topological polar surface area (TPSA) is 71.5 Å². The highest BCUT2D eigenvalue weighted by molar-refractivity contribution is 5.84. The Morgan fingerprint density at radius 1 is 1.22 bits per heavy atom. The number of pyridine rings is 1. The highest BCUT2D eigenvalue weighted by atomic mass is 16.5. The first-order valence-corrected chi connectivity index (χ1v) is 9.66. The van der Waals surface area contributed by atoms with Crippen LogP contribution in [0.2, 0.25) is 0 Å². The third-order valence-corrected chi connectivity index (χ3v) is 5.52. The van der Waals surface area contributed by atoms with Crippen LogP contribution in [0.25, 0.3) is 11.1 Å². The summed E-state index contributed by atoms with van der Waals surface area (Å²) in [6, 6.07) is 12.0. The number of benzene rings is 1. The van der Waals surface area contributed by atoms with E-state index in [9.17, 15) is 9.90 Å². The van der Waals surface area contributed by atoms with Crippen molar-refractivity contribution in [3.63, 3.8) is 0 Å². The van der Waals surface area contributed by atoms with Gasteiger partial charge in [-0.15, -0.1) is 0 Å². The van der Waals surface area contributed by atoms with Crippen molar-refractivity contribution in [2.24, 2.45) is 5.41 Å². The molecule has 1 fully saturated rings. The minimum Gasteiger partial charge on any atom is -0.394 e. The van der Waals surface area contributed by atoms with E-state index in [4.69, 9.17) is 4.74 Å². The maximum atomic E-state index is 13.2. The van der Waals surface area contributed by atoms with E-state index in [1.54, 1.807) is 12.4 Å². The summed E-state index contributed by atoms with van der Waals surface area (Å²) in [6.45, 7) is 3.10. The first-order valence-electron chi connectivity index (χ1n) is 9.66. The van der Waals surface area contributed by atoms with Gasteiger partial charge in [0.25, 0.3) is 0 Å². The summed E-state index contributed by atoms with van der Waals surface area (Å²) in [6.07, 6.45) is 6.31. The van der Waals surface area contributed by atoms with E-state index in [1.807, 2.05) is 31.2 Å². The van der Waals surface area contributed by atoms with Crippen molar-refractivity contribution in [1.29, 1.82) is 0 Å². The molecule has 1 aliphatic heterocycles. The number of aliphatic hydroxyl groups is 1. The van der Waals surface area contributed by atoms with E-state index in [-0.39, 0.29) is 18.6 Å². The number of nitrogens with one attached hydrogen (secondary N) is 1. The van der Waals surface area contributed by atoms with Crippen LogP contribution < -0.4 is 5.32 Å². The van der Waals surface area contributed by atoms with Crippen LogP contribution in [0.5, 0.6) is 0 Å². The van der Waals surface area contributed by atoms with Crippen LogP contribution in [0, 0.1) is 5.41 Å². The average Bonchev–Trinajstić information content (AvgIpc) is 2.73. The Bertz CT molecular complexity index is 738. The molecule has 1 aromatic carbocycles. The number of rotatable bonds is 7. The maximum Gasteiger partial charge on any atom is 0.227 e. The minimum atomic E-state index is -0.510. The molecule has 1 saturated heterocycles. The van der Waals surface area contributed by atoms with Crippen molar-refractivity contribution in [2.75, 3.05) is 19.8 Å². The van der Waals surface area contributed by atoms with E-state index in [1.165, 1.54) is 0 Å². The van der Waals surface area contributed by atoms with Gasteiger partial charge in [-0.3, -0.25) is 9.78 Å². The third kappa shape index (κ3) is 4.54. The summed E-state index contributed by atoms with van der Waals surface area (Å²) in [5.74, 6) is 0.0243. The lowest BCUT2D eigenvalue weighted by molar-refractivity contribution is -0.137. The van der Waals surface area contributed by atoms with Crippen molar-refractivity contribution < 1.29 is 14.6 Å². The molecule has 2 aromatic rings. The van der Waals surface area contributed by atoms with Crippen LogP contribution >= 0.6 is 0 Å². The maximum absolute atomic E-state index is 13.2. The van der Waals surface area contributed by atoms with Gasteiger partial charge in [0.15, 0.2) is 0 Å². The first kappa shape index (κ1) is 19.5. The monoisotopic (exact) mass is 368 g/mol. The van der Waals surface area contributed by atoms with Gasteiger partial charge in [-0.05, 0) is 54.5 Å². The molecular formula is C22H28N2O3. The lowest BCUT2D eigenvalue weighted by atomic mass is 9.73. The number of aliphatic hydroxyl groups excluding tert-OH is 1. The molecule has 0 spiro atoms. The zero-order chi connectivity index (χ0) is 19.1. The second kappa shape index (κ2) is 9.11. The summed E-state index contributed by atoms with van der Waals surface area (Å²) < 4.78 is 5.55. The molecule has 5 heteroatoms. The first-order chi connectivity index (χ1) is 13.2. The third-order valence-electron chi connectivity index (χ3n) is 5.52. The molecule has 5 nitrogen and oxygen atoms in total. The molecule has 1 aliphatic rings. The highest BCUT2D eigenvalue weighted by Gasteiger charge is 2.41. The van der Waals surface area contributed by atoms with Crippen molar-refractivity contribution in [1.82, 2.24) is 10.3 Å². The van der Waals surface area contributed by atoms with Gasteiger partial charge in [0.1, 0.15) is 0 Å². The fourth-order valence-corrected chi connectivity index (χ4v) is 3.71. The van der Waals surface area contributed by atoms with Gasteiger partial charge >= 0.3 is 0 Å². The summed E-state index contributed by atoms with van der Waals surface area (Å²) in [4.78, 5) is 17.3. The predicted octanol–water partition coefficient (Wildman–Crippen LogP) is 2.98. The predicted molar refractivity (Wildman–Crippen MR) is 105 cm³/mol. The van der Waals surface area contributed by atoms with Crippen molar-refractivity contribution in [3.05, 3.63) is 54.4 Å². The molecule has 1 amide bonds. The Morgan fingerprint density at radius 2 is 1.93 bits per heavy atom. The molecule has 27 heavy (non-hydrogen) atoms. The normalized spacial score (nSPS) is 17.3. The molecule has 0 unspecified atom stereocenters. The number of amides is 1. The van der Waals surface area contributed by atoms with Crippen LogP contribution in [0.1, 0.15) is 31.7 Å². The standard InChI is InChI=1S/C22H28N2O3/c1-2-19(16-25)24-21(26)22(9-13-27-14-10-22)15-18-5-3-4-6-20(18)17-7-11-23-12-8-17/h3-8,11-12,19,25H,2,9-10,13-16H2,1H3,(H,24,26)/t19-/m1/s1. The second-order valence-electron chi connectivity index (χ2n) is 7.22. The number of carbonyl (C=O) groups is 1. The molecule has 1 aromatic heterocycles. The largest absolute Gasteiger partial charge is 0.394 e. The highest BCUT2D eigenvalue weighted by Crippen LogP contribution is 2.37. The zero-order valence-corrected chi connectivity index (χ0v) is 15.9. The molecular weight excluding hydrogens is 340 g/mol. The van der Waals surface area contributed by atoms with Crippen molar-refractivity contribution >= 4 is 5.91 Å². The molecule has 0 radical (unpaired) electrons. The second-order valence-corrected chi connectivity index (χ2v) is 7.22. The van der Waals surface area contributed by atoms with Crippen molar-refractivity contribution in [3.8, 4) is 11.1 Å². The SMILES string of the molecule is CC[C@H](CO)NC(=O)C1(Cc2ccccc2-c2ccncc2)CCOCC1. The van der Waals surface area contributed by atoms with Crippen LogP contribution in [-0.4, -0.2) is 41.9 Å². The zero-order valence-electron chi connectivity index (χ0n) is 15.9. The molecule has 2 heterocycles. The fourth-order valence-electron chi connectivity index (χ4n) is 3.71. The average molecular weight is 368 g/mol. The van der Waals surface area contributed by atoms with Crippen LogP contribution in [0.3, 0.4) is 0 Å². The molecule has 0 bridgehead atoms. The number of hydrogen-bond donors (Lipinski definition) is 2. The Hall–Kier alpha value is -2.24. The molecule has 3 rings (SSSR count). The number of hydrogen-bond acceptors (Lipinski definition) is 4. The van der Waals surface area contributed by atoms with Crippen LogP contribution in [0.4, 0.5) is 0 Å². The van der Waals surface area contributed by atoms with Gasteiger partial charge in [-0.25, -0.2) is 0 Å². The Balaban J connectivity index is 1.91. The number of carbonyl (C=O) groups excluding carboxylic acids is 1. The Labute approximate surface area is 160 Å². The molecule has 2 N–H and O–H groups in total. The summed E-state index contributed by atoms with van der Waals surface area (Å²) >= 11 is 0. The summed E-state index contributed by atoms with van der Waals surface area (Å²) in [5.41, 5.74) is 2.87. The van der Waals surface area contributed by atoms with Gasteiger partial charge in [0.2, 0.25) is 5.91 Å². The van der Waals surface area contributed by atoms with Gasteiger partial charge in [0.05, 0.1) is 18.1 Å². The lowest BCUT2D eigenvalue weighted by Gasteiger charge is -2.37. The summed E-state index contributed by atoms with van der Waals surface area (Å²) in [5, 5.41) is 12.5. The molecule has 1 atom stereocenters. The van der Waals surface area contributed by atoms with E-state index < -0.39 is 5.41 Å². The smallest absolute Gasteiger partial charge is 0.227 e. The fraction of sp³-hybridized carbons (Fsp3) is 0.455. The molecule has 144 valence electrons. The van der Waals surface area contributed by atoms with E-state index >= 15 is 0 Å². The Kier molecular flexibility index (Phi) is 6.58. The van der Waals surface area contributed by atoms with Crippen LogP contribution in [0.15, 0.2) is 48.8 Å². The number of nitrogens with zero attached hydrogens (tertiary/aromatic N) is 1. The van der Waals surface area contributed by atoms with Gasteiger partial charge in [-0.2, -0.15) is 0 Å². The molecule has 0 aliphatic carbocycles. The number of aromatic nitrogens is 1. The molecule has 0 saturated carbocycles. The number of ether oxygens (including phenoxy) is 1. The van der Waals surface area contributed by atoms with Crippen LogP contribution in [-0.2, 0) is 16.0 Å². The van der Waals surface area contributed by atoms with E-state index in [0.29, 0.717) is 38.9 Å². The van der Waals surface area contributed by atoms with Gasteiger partial charge < -0.3 is 15.2 Å². The quantitative estimate of drug-likeness (QED) is 0.788. The van der Waals surface area contributed by atoms with E-state index in [0.717, 1.165) is 16.7 Å². The van der Waals surface area contributed by atoms with E-state index in [2.05, 4.69) is 22.4 Å². The van der Waals surface area contributed by atoms with Crippen molar-refractivity contribution in [2.45, 2.75) is 38.6 Å². The van der Waals surface area contributed by atoms with Gasteiger partial charge in [0, 0.05) is 25.6 Å². The summed E-state index contributed by atoms with van der Waals surface area (Å²) in [7, 11) is 0. The lowest BCUT2D eigenvalue weighted by Crippen LogP contribution is -2.50.